The van der Waals surface area contributed by atoms with E-state index < -0.39 is 0 Å². The Balaban J connectivity index is 1.60. The Bertz CT molecular complexity index is 1090. The highest BCUT2D eigenvalue weighted by Gasteiger charge is 2.29. The summed E-state index contributed by atoms with van der Waals surface area (Å²) in [6, 6.07) is 11.8. The number of likely N-dealkylation sites (N-methyl/N-ethyl adjacent to an activating group) is 1. The van der Waals surface area contributed by atoms with Gasteiger partial charge in [-0.05, 0) is 61.6 Å². The number of nitrogens with one attached hydrogen (secondary N) is 1. The van der Waals surface area contributed by atoms with Crippen LogP contribution in [0.2, 0.25) is 0 Å². The second kappa shape index (κ2) is 12.0. The number of anilines is 1. The number of ether oxygens (including phenoxy) is 2. The first-order chi connectivity index (χ1) is 17.7. The first kappa shape index (κ1) is 27.1. The van der Waals surface area contributed by atoms with E-state index in [9.17, 15) is 14.0 Å². The van der Waals surface area contributed by atoms with Gasteiger partial charge in [-0.15, -0.1) is 0 Å². The number of fused-ring (bicyclic) bond motifs is 1. The third-order valence-corrected chi connectivity index (χ3v) is 7.62. The van der Waals surface area contributed by atoms with E-state index in [0.29, 0.717) is 36.7 Å². The van der Waals surface area contributed by atoms with Crippen LogP contribution in [-0.4, -0.2) is 67.6 Å². The molecule has 1 N–H and O–H groups in total. The van der Waals surface area contributed by atoms with Crippen LogP contribution >= 0.6 is 0 Å². The van der Waals surface area contributed by atoms with E-state index in [2.05, 4.69) is 24.1 Å². The van der Waals surface area contributed by atoms with Crippen molar-refractivity contribution < 1.29 is 23.5 Å². The fourth-order valence-electron chi connectivity index (χ4n) is 4.89. The highest BCUT2D eigenvalue weighted by molar-refractivity contribution is 6.00. The van der Waals surface area contributed by atoms with Gasteiger partial charge in [-0.3, -0.25) is 14.5 Å². The summed E-state index contributed by atoms with van der Waals surface area (Å²) in [6.45, 7) is 6.34. The molecular formula is C29H38FN3O4. The monoisotopic (exact) mass is 511 g/mol. The second-order valence-corrected chi connectivity index (χ2v) is 10.5. The number of rotatable bonds is 5. The molecule has 2 aromatic rings. The van der Waals surface area contributed by atoms with Gasteiger partial charge in [-0.2, -0.15) is 0 Å². The molecule has 1 aliphatic carbocycles. The average Bonchev–Trinajstić information content (AvgIpc) is 2.84. The molecule has 2 amide bonds. The molecule has 3 atom stereocenters. The third kappa shape index (κ3) is 6.67. The summed E-state index contributed by atoms with van der Waals surface area (Å²) < 4.78 is 25.5. The average molecular weight is 512 g/mol. The molecule has 200 valence electrons. The molecule has 2 aliphatic rings. The Kier molecular flexibility index (Phi) is 8.82. The van der Waals surface area contributed by atoms with Gasteiger partial charge in [0.05, 0.1) is 11.7 Å². The summed E-state index contributed by atoms with van der Waals surface area (Å²) in [7, 11) is 3.43. The summed E-state index contributed by atoms with van der Waals surface area (Å²) in [6.07, 6.45) is 2.71. The van der Waals surface area contributed by atoms with Crippen molar-refractivity contribution in [3.05, 3.63) is 59.4 Å². The molecule has 8 heteroatoms. The minimum Gasteiger partial charge on any atom is -0.491 e. The molecule has 2 aromatic carbocycles. The van der Waals surface area contributed by atoms with Gasteiger partial charge in [-0.25, -0.2) is 4.39 Å². The van der Waals surface area contributed by atoms with Gasteiger partial charge < -0.3 is 19.7 Å². The third-order valence-electron chi connectivity index (χ3n) is 7.62. The van der Waals surface area contributed by atoms with E-state index >= 15 is 0 Å². The molecule has 1 fully saturated rings. The summed E-state index contributed by atoms with van der Waals surface area (Å²) >= 11 is 0. The lowest BCUT2D eigenvalue weighted by Crippen LogP contribution is -2.46. The Morgan fingerprint density at radius 1 is 1.14 bits per heavy atom. The zero-order valence-electron chi connectivity index (χ0n) is 22.2. The van der Waals surface area contributed by atoms with Gasteiger partial charge in [0.1, 0.15) is 18.2 Å². The molecule has 1 heterocycles. The quantitative estimate of drug-likeness (QED) is 0.637. The van der Waals surface area contributed by atoms with Gasteiger partial charge in [0.25, 0.3) is 5.91 Å². The van der Waals surface area contributed by atoms with Crippen molar-refractivity contribution in [1.82, 2.24) is 9.80 Å². The Hall–Kier alpha value is -2.97. The molecule has 7 nitrogen and oxygen atoms in total. The molecule has 0 radical (unpaired) electrons. The van der Waals surface area contributed by atoms with Crippen molar-refractivity contribution in [3.8, 4) is 5.75 Å². The largest absolute Gasteiger partial charge is 0.491 e. The fraction of sp³-hybridized carbons (Fsp3) is 0.517. The van der Waals surface area contributed by atoms with Crippen molar-refractivity contribution in [2.75, 3.05) is 39.2 Å². The predicted octanol–water partition coefficient (Wildman–Crippen LogP) is 4.57. The maximum atomic E-state index is 13.5. The van der Waals surface area contributed by atoms with Crippen LogP contribution in [-0.2, 0) is 16.1 Å². The normalized spacial score (nSPS) is 23.8. The molecule has 0 unspecified atom stereocenters. The summed E-state index contributed by atoms with van der Waals surface area (Å²) in [4.78, 5) is 30.0. The molecule has 0 saturated heterocycles. The van der Waals surface area contributed by atoms with Crippen LogP contribution in [0.3, 0.4) is 0 Å². The maximum absolute atomic E-state index is 13.5. The van der Waals surface area contributed by atoms with Crippen LogP contribution in [0, 0.1) is 17.7 Å². The van der Waals surface area contributed by atoms with Crippen LogP contribution in [0.4, 0.5) is 10.1 Å². The van der Waals surface area contributed by atoms with Gasteiger partial charge in [0.2, 0.25) is 5.91 Å². The van der Waals surface area contributed by atoms with Crippen LogP contribution < -0.4 is 10.1 Å². The predicted molar refractivity (Wildman–Crippen MR) is 141 cm³/mol. The van der Waals surface area contributed by atoms with Crippen LogP contribution in [0.15, 0.2) is 42.5 Å². The zero-order valence-corrected chi connectivity index (χ0v) is 22.2. The molecule has 0 spiro atoms. The Morgan fingerprint density at radius 2 is 1.86 bits per heavy atom. The van der Waals surface area contributed by atoms with Crippen LogP contribution in [0.5, 0.6) is 5.75 Å². The van der Waals surface area contributed by atoms with Crippen LogP contribution in [0.1, 0.15) is 49.0 Å². The topological polar surface area (TPSA) is 71.1 Å². The Labute approximate surface area is 218 Å². The van der Waals surface area contributed by atoms with E-state index in [1.807, 2.05) is 0 Å². The number of amides is 2. The van der Waals surface area contributed by atoms with E-state index in [0.717, 1.165) is 31.4 Å². The lowest BCUT2D eigenvalue weighted by atomic mass is 9.85. The molecule has 37 heavy (non-hydrogen) atoms. The number of carbonyl (C=O) groups is 2. The van der Waals surface area contributed by atoms with E-state index in [1.165, 1.54) is 12.1 Å². The minimum atomic E-state index is -0.255. The van der Waals surface area contributed by atoms with Crippen molar-refractivity contribution in [3.63, 3.8) is 0 Å². The number of halogens is 1. The van der Waals surface area contributed by atoms with Crippen molar-refractivity contribution >= 4 is 17.5 Å². The van der Waals surface area contributed by atoms with E-state index in [1.54, 1.807) is 49.4 Å². The first-order valence-electron chi connectivity index (χ1n) is 13.1. The fourth-order valence-corrected chi connectivity index (χ4v) is 4.89. The number of methoxy groups -OCH3 is 1. The maximum Gasteiger partial charge on any atom is 0.257 e. The van der Waals surface area contributed by atoms with Crippen molar-refractivity contribution in [2.45, 2.75) is 51.8 Å². The van der Waals surface area contributed by atoms with E-state index in [4.69, 9.17) is 9.47 Å². The number of hydrogen-bond acceptors (Lipinski definition) is 5. The molecule has 1 aliphatic heterocycles. The smallest absolute Gasteiger partial charge is 0.257 e. The molecule has 4 rings (SSSR count). The highest BCUT2D eigenvalue weighted by atomic mass is 19.1. The lowest BCUT2D eigenvalue weighted by molar-refractivity contribution is -0.122. The number of benzene rings is 2. The van der Waals surface area contributed by atoms with Gasteiger partial charge in [0, 0.05) is 51.4 Å². The standard InChI is InChI=1S/C29H38FN3O4/c1-19-15-33(16-21-8-10-23(30)11-9-21)20(2)18-37-26-13-12-24(31-28(34)22-6-5-7-22)14-25(26)29(35)32(3)17-27(19)36-4/h8-14,19-20,22,27H,5-7,15-18H2,1-4H3,(H,31,34)/t19-,20+,27-/m0/s1. The van der Waals surface area contributed by atoms with Crippen molar-refractivity contribution in [2.24, 2.45) is 11.8 Å². The van der Waals surface area contributed by atoms with Gasteiger partial charge in [-0.1, -0.05) is 25.5 Å². The lowest BCUT2D eigenvalue weighted by Gasteiger charge is -2.36. The summed E-state index contributed by atoms with van der Waals surface area (Å²) in [5.74, 6) is 0.214. The number of hydrogen-bond donors (Lipinski definition) is 1. The first-order valence-corrected chi connectivity index (χ1v) is 13.1. The minimum absolute atomic E-state index is 0.000551. The van der Waals surface area contributed by atoms with E-state index in [-0.39, 0.29) is 41.6 Å². The van der Waals surface area contributed by atoms with Gasteiger partial charge in [0.15, 0.2) is 0 Å². The molecular weight excluding hydrogens is 473 g/mol. The summed E-state index contributed by atoms with van der Waals surface area (Å²) in [5.41, 5.74) is 2.02. The number of carbonyl (C=O) groups excluding carboxylic acids is 2. The molecule has 0 aromatic heterocycles. The van der Waals surface area contributed by atoms with Crippen molar-refractivity contribution in [1.29, 1.82) is 0 Å². The second-order valence-electron chi connectivity index (χ2n) is 10.5. The van der Waals surface area contributed by atoms with Crippen LogP contribution in [0.25, 0.3) is 0 Å². The summed E-state index contributed by atoms with van der Waals surface area (Å²) in [5, 5.41) is 2.96. The number of nitrogens with zero attached hydrogens (tertiary/aromatic N) is 2. The highest BCUT2D eigenvalue weighted by Crippen LogP contribution is 2.30. The molecule has 0 bridgehead atoms. The molecule has 1 saturated carbocycles. The van der Waals surface area contributed by atoms with Gasteiger partial charge >= 0.3 is 0 Å². The SMILES string of the molecule is CO[C@H]1CN(C)C(=O)c2cc(NC(=O)C3CCC3)ccc2OC[C@@H](C)N(Cc2ccc(F)cc2)C[C@@H]1C. The zero-order chi connectivity index (χ0) is 26.5. The Morgan fingerprint density at radius 3 is 2.51 bits per heavy atom.